The van der Waals surface area contributed by atoms with Crippen molar-refractivity contribution in [3.63, 3.8) is 0 Å². The number of hydrogen-bond acceptors (Lipinski definition) is 3. The van der Waals surface area contributed by atoms with Gasteiger partial charge >= 0.3 is 0 Å². The fraction of sp³-hybridized carbons (Fsp3) is 0.167. The van der Waals surface area contributed by atoms with Crippen molar-refractivity contribution >= 4 is 27.3 Å². The van der Waals surface area contributed by atoms with Crippen LogP contribution in [-0.4, -0.2) is 6.54 Å². The number of benzene rings is 1. The zero-order chi connectivity index (χ0) is 11.4. The van der Waals surface area contributed by atoms with Crippen molar-refractivity contribution in [1.29, 1.82) is 0 Å². The minimum Gasteiger partial charge on any atom is -0.484 e. The van der Waals surface area contributed by atoms with E-state index in [1.54, 1.807) is 11.3 Å². The normalized spacial score (nSPS) is 12.4. The van der Waals surface area contributed by atoms with Crippen molar-refractivity contribution in [1.82, 2.24) is 0 Å². The highest BCUT2D eigenvalue weighted by Crippen LogP contribution is 2.26. The molecule has 0 saturated carbocycles. The smallest absolute Gasteiger partial charge is 0.145 e. The van der Waals surface area contributed by atoms with Gasteiger partial charge in [-0.15, -0.1) is 11.3 Å². The number of halogens is 1. The standard InChI is InChI=1S/C12H12BrNOS/c13-9-3-1-4-10(7-9)15-11(8-14)12-5-2-6-16-12/h1-7,11H,8,14H2. The van der Waals surface area contributed by atoms with Gasteiger partial charge in [-0.3, -0.25) is 0 Å². The summed E-state index contributed by atoms with van der Waals surface area (Å²) in [6, 6.07) is 11.8. The van der Waals surface area contributed by atoms with Crippen LogP contribution in [0.2, 0.25) is 0 Å². The van der Waals surface area contributed by atoms with Gasteiger partial charge in [-0.05, 0) is 29.6 Å². The van der Waals surface area contributed by atoms with Crippen molar-refractivity contribution in [3.8, 4) is 5.75 Å². The van der Waals surface area contributed by atoms with Gasteiger partial charge in [0.15, 0.2) is 0 Å². The monoisotopic (exact) mass is 297 g/mol. The van der Waals surface area contributed by atoms with Crippen LogP contribution in [-0.2, 0) is 0 Å². The van der Waals surface area contributed by atoms with E-state index in [2.05, 4.69) is 15.9 Å². The van der Waals surface area contributed by atoms with Crippen LogP contribution in [0.4, 0.5) is 0 Å². The summed E-state index contributed by atoms with van der Waals surface area (Å²) in [5, 5.41) is 2.03. The van der Waals surface area contributed by atoms with Crippen LogP contribution in [0.25, 0.3) is 0 Å². The minimum atomic E-state index is -0.0608. The fourth-order valence-electron chi connectivity index (χ4n) is 1.40. The molecule has 0 bridgehead atoms. The fourth-order valence-corrected chi connectivity index (χ4v) is 2.55. The number of hydrogen-bond donors (Lipinski definition) is 1. The molecule has 0 aliphatic carbocycles. The zero-order valence-corrected chi connectivity index (χ0v) is 11.0. The van der Waals surface area contributed by atoms with Crippen molar-refractivity contribution in [2.24, 2.45) is 5.73 Å². The van der Waals surface area contributed by atoms with Crippen LogP contribution in [0.1, 0.15) is 11.0 Å². The molecule has 2 rings (SSSR count). The molecular weight excluding hydrogens is 286 g/mol. The molecule has 0 amide bonds. The van der Waals surface area contributed by atoms with Crippen LogP contribution in [0, 0.1) is 0 Å². The van der Waals surface area contributed by atoms with Gasteiger partial charge in [0, 0.05) is 15.9 Å². The average molecular weight is 298 g/mol. The molecule has 0 spiro atoms. The molecule has 0 aliphatic heterocycles. The molecule has 2 N–H and O–H groups in total. The van der Waals surface area contributed by atoms with Crippen LogP contribution in [0.3, 0.4) is 0 Å². The number of thiophene rings is 1. The number of nitrogens with two attached hydrogens (primary N) is 1. The van der Waals surface area contributed by atoms with Gasteiger partial charge in [0.1, 0.15) is 11.9 Å². The quantitative estimate of drug-likeness (QED) is 0.936. The summed E-state index contributed by atoms with van der Waals surface area (Å²) in [5.41, 5.74) is 5.72. The van der Waals surface area contributed by atoms with Crippen molar-refractivity contribution < 1.29 is 4.74 Å². The molecule has 0 saturated heterocycles. The largest absolute Gasteiger partial charge is 0.484 e. The lowest BCUT2D eigenvalue weighted by Gasteiger charge is -2.16. The molecule has 2 aromatic rings. The highest BCUT2D eigenvalue weighted by Gasteiger charge is 2.12. The first kappa shape index (κ1) is 11.6. The number of rotatable bonds is 4. The first-order valence-electron chi connectivity index (χ1n) is 4.95. The van der Waals surface area contributed by atoms with E-state index in [4.69, 9.17) is 10.5 Å². The first-order chi connectivity index (χ1) is 7.79. The summed E-state index contributed by atoms with van der Waals surface area (Å²) < 4.78 is 6.85. The minimum absolute atomic E-state index is 0.0608. The Hall–Kier alpha value is -0.840. The van der Waals surface area contributed by atoms with E-state index in [0.29, 0.717) is 6.54 Å². The van der Waals surface area contributed by atoms with Crippen molar-refractivity contribution in [2.75, 3.05) is 6.54 Å². The Morgan fingerprint density at radius 1 is 1.31 bits per heavy atom. The van der Waals surface area contributed by atoms with Crippen molar-refractivity contribution in [2.45, 2.75) is 6.10 Å². The highest BCUT2D eigenvalue weighted by molar-refractivity contribution is 9.10. The molecule has 16 heavy (non-hydrogen) atoms. The summed E-state index contributed by atoms with van der Waals surface area (Å²) in [6.45, 7) is 0.479. The van der Waals surface area contributed by atoms with E-state index < -0.39 is 0 Å². The third kappa shape index (κ3) is 2.84. The molecule has 2 nitrogen and oxygen atoms in total. The van der Waals surface area contributed by atoms with Crippen LogP contribution >= 0.6 is 27.3 Å². The molecule has 1 heterocycles. The predicted molar refractivity (Wildman–Crippen MR) is 70.9 cm³/mol. The summed E-state index contributed by atoms with van der Waals surface area (Å²) in [4.78, 5) is 1.16. The lowest BCUT2D eigenvalue weighted by atomic mass is 10.3. The molecule has 1 unspecified atom stereocenters. The van der Waals surface area contributed by atoms with Crippen LogP contribution in [0.5, 0.6) is 5.75 Å². The Bertz CT molecular complexity index is 444. The van der Waals surface area contributed by atoms with Gasteiger partial charge in [-0.1, -0.05) is 28.1 Å². The SMILES string of the molecule is NCC(Oc1cccc(Br)c1)c1cccs1. The topological polar surface area (TPSA) is 35.2 Å². The molecule has 0 aliphatic rings. The maximum absolute atomic E-state index is 5.84. The molecule has 0 fully saturated rings. The molecule has 1 atom stereocenters. The highest BCUT2D eigenvalue weighted by atomic mass is 79.9. The average Bonchev–Trinajstić information content (AvgIpc) is 2.79. The Balaban J connectivity index is 2.13. The second-order valence-corrected chi connectivity index (χ2v) is 5.21. The summed E-state index contributed by atoms with van der Waals surface area (Å²) in [7, 11) is 0. The van der Waals surface area contributed by atoms with E-state index in [9.17, 15) is 0 Å². The molecule has 0 radical (unpaired) electrons. The molecule has 4 heteroatoms. The van der Waals surface area contributed by atoms with E-state index >= 15 is 0 Å². The number of ether oxygens (including phenoxy) is 1. The van der Waals surface area contributed by atoms with E-state index in [1.165, 1.54) is 0 Å². The van der Waals surface area contributed by atoms with Gasteiger partial charge < -0.3 is 10.5 Å². The Morgan fingerprint density at radius 2 is 2.19 bits per heavy atom. The van der Waals surface area contributed by atoms with Gasteiger partial charge in [0.25, 0.3) is 0 Å². The third-order valence-corrected chi connectivity index (χ3v) is 3.61. The van der Waals surface area contributed by atoms with Crippen LogP contribution in [0.15, 0.2) is 46.3 Å². The van der Waals surface area contributed by atoms with Gasteiger partial charge in [-0.2, -0.15) is 0 Å². The van der Waals surface area contributed by atoms with E-state index in [-0.39, 0.29) is 6.10 Å². The Morgan fingerprint density at radius 3 is 2.81 bits per heavy atom. The first-order valence-corrected chi connectivity index (χ1v) is 6.62. The lowest BCUT2D eigenvalue weighted by Crippen LogP contribution is -2.17. The van der Waals surface area contributed by atoms with E-state index in [0.717, 1.165) is 15.1 Å². The maximum atomic E-state index is 5.84. The molecule has 1 aromatic heterocycles. The third-order valence-electron chi connectivity index (χ3n) is 2.15. The summed E-state index contributed by atoms with van der Waals surface area (Å²) in [5.74, 6) is 0.832. The van der Waals surface area contributed by atoms with Crippen LogP contribution < -0.4 is 10.5 Å². The second-order valence-electron chi connectivity index (χ2n) is 3.31. The zero-order valence-electron chi connectivity index (χ0n) is 8.60. The molecule has 1 aromatic carbocycles. The predicted octanol–water partition coefficient (Wildman–Crippen LogP) is 3.59. The van der Waals surface area contributed by atoms with Gasteiger partial charge in [-0.25, -0.2) is 0 Å². The van der Waals surface area contributed by atoms with E-state index in [1.807, 2.05) is 41.8 Å². The Labute approximate surface area is 107 Å². The van der Waals surface area contributed by atoms with Gasteiger partial charge in [0.05, 0.1) is 0 Å². The van der Waals surface area contributed by atoms with Crippen molar-refractivity contribution in [3.05, 3.63) is 51.1 Å². The maximum Gasteiger partial charge on any atom is 0.145 e. The molecule has 84 valence electrons. The summed E-state index contributed by atoms with van der Waals surface area (Å²) in [6.07, 6.45) is -0.0608. The van der Waals surface area contributed by atoms with Gasteiger partial charge in [0.2, 0.25) is 0 Å². The summed E-state index contributed by atoms with van der Waals surface area (Å²) >= 11 is 5.08. The molecular formula is C12H12BrNOS. The Kier molecular flexibility index (Phi) is 3.98. The lowest BCUT2D eigenvalue weighted by molar-refractivity contribution is 0.218. The second kappa shape index (κ2) is 5.48.